The van der Waals surface area contributed by atoms with Crippen LogP contribution in [0.2, 0.25) is 0 Å². The minimum absolute atomic E-state index is 0.00130. The van der Waals surface area contributed by atoms with Crippen LogP contribution in [0.1, 0.15) is 61.8 Å². The Balaban J connectivity index is 1.49. The van der Waals surface area contributed by atoms with Gasteiger partial charge in [0.05, 0.1) is 0 Å². The Morgan fingerprint density at radius 3 is 1.49 bits per heavy atom. The lowest BCUT2D eigenvalue weighted by Crippen LogP contribution is -2.29. The van der Waals surface area contributed by atoms with Crippen LogP contribution in [-0.4, -0.2) is 0 Å². The Hall–Kier alpha value is -1.72. The smallest absolute Gasteiger partial charge is 0.0343 e. The van der Waals surface area contributed by atoms with Crippen molar-refractivity contribution in [3.8, 4) is 20.9 Å². The van der Waals surface area contributed by atoms with Gasteiger partial charge in [-0.05, 0) is 99.8 Å². The average Bonchev–Trinajstić information content (AvgIpc) is 3.59. The van der Waals surface area contributed by atoms with Crippen molar-refractivity contribution in [3.05, 3.63) is 102 Å². The highest BCUT2D eigenvalue weighted by molar-refractivity contribution is 9.10. The summed E-state index contributed by atoms with van der Waals surface area (Å²) in [6, 6.07) is 18.2. The molecule has 2 heterocycles. The molecule has 2 atom stereocenters. The third-order valence-electron chi connectivity index (χ3n) is 7.70. The molecule has 4 aromatic rings. The van der Waals surface area contributed by atoms with Gasteiger partial charge in [-0.3, -0.25) is 0 Å². The molecule has 0 fully saturated rings. The molecule has 0 spiro atoms. The van der Waals surface area contributed by atoms with E-state index in [1.807, 2.05) is 0 Å². The van der Waals surface area contributed by atoms with Gasteiger partial charge in [0.2, 0.25) is 0 Å². The van der Waals surface area contributed by atoms with Crippen molar-refractivity contribution < 1.29 is 0 Å². The highest BCUT2D eigenvalue weighted by Gasteiger charge is 2.46. The molecule has 0 bridgehead atoms. The van der Waals surface area contributed by atoms with Crippen LogP contribution in [0.25, 0.3) is 33.0 Å². The van der Waals surface area contributed by atoms with Crippen molar-refractivity contribution in [2.75, 3.05) is 0 Å². The van der Waals surface area contributed by atoms with E-state index in [4.69, 9.17) is 0 Å². The quantitative estimate of drug-likeness (QED) is 0.212. The lowest BCUT2D eigenvalue weighted by molar-refractivity contribution is 0.275. The van der Waals surface area contributed by atoms with Gasteiger partial charge in [0.1, 0.15) is 0 Å². The molecule has 35 heavy (non-hydrogen) atoms. The zero-order valence-electron chi connectivity index (χ0n) is 20.2. The summed E-state index contributed by atoms with van der Waals surface area (Å²) in [6.07, 6.45) is 4.80. The molecule has 0 nitrogen and oxygen atoms in total. The predicted octanol–water partition coefficient (Wildman–Crippen LogP) is 11.4. The second kappa shape index (κ2) is 8.69. The van der Waals surface area contributed by atoms with E-state index >= 15 is 0 Å². The van der Waals surface area contributed by atoms with E-state index in [0.717, 1.165) is 0 Å². The lowest BCUT2D eigenvalue weighted by atomic mass is 9.62. The summed E-state index contributed by atoms with van der Waals surface area (Å²) in [5, 5.41) is 4.32. The molecule has 176 valence electrons. The van der Waals surface area contributed by atoms with E-state index in [1.54, 1.807) is 22.7 Å². The van der Waals surface area contributed by atoms with Crippen molar-refractivity contribution >= 4 is 66.7 Å². The minimum atomic E-state index is -0.00130. The van der Waals surface area contributed by atoms with Gasteiger partial charge in [0, 0.05) is 30.5 Å². The maximum absolute atomic E-state index is 3.91. The molecule has 0 saturated carbocycles. The van der Waals surface area contributed by atoms with Crippen molar-refractivity contribution in [2.24, 2.45) is 5.41 Å². The third kappa shape index (κ3) is 3.80. The second-order valence-corrected chi connectivity index (χ2v) is 13.9. The standard InChI is InChI=1S/C31H26Br2S2/c1-17-11-21-23(13-19(15-25(21)32)27-7-5-9-34-27)29(17)31(3,4)30-18(2)12-22-24(30)14-20(16-26(22)33)28-8-6-10-35-28/h5-16,29-30H,1-4H3. The predicted molar refractivity (Wildman–Crippen MR) is 161 cm³/mol. The normalized spacial score (nSPS) is 18.9. The summed E-state index contributed by atoms with van der Waals surface area (Å²) in [4.78, 5) is 2.64. The first-order valence-corrected chi connectivity index (χ1v) is 15.2. The van der Waals surface area contributed by atoms with Gasteiger partial charge >= 0.3 is 0 Å². The summed E-state index contributed by atoms with van der Waals surface area (Å²) < 4.78 is 2.38. The van der Waals surface area contributed by atoms with Gasteiger partial charge in [-0.1, -0.05) is 81.1 Å². The van der Waals surface area contributed by atoms with Crippen molar-refractivity contribution in [2.45, 2.75) is 39.5 Å². The van der Waals surface area contributed by atoms with E-state index < -0.39 is 0 Å². The monoisotopic (exact) mass is 620 g/mol. The second-order valence-electron chi connectivity index (χ2n) is 10.3. The van der Waals surface area contributed by atoms with Crippen LogP contribution in [-0.2, 0) is 0 Å². The molecule has 2 aliphatic rings. The molecular weight excluding hydrogens is 596 g/mol. The molecule has 0 N–H and O–H groups in total. The Bertz CT molecular complexity index is 1390. The number of thiophene rings is 2. The van der Waals surface area contributed by atoms with Crippen LogP contribution in [0.4, 0.5) is 0 Å². The largest absolute Gasteiger partial charge is 0.144 e. The van der Waals surface area contributed by atoms with Crippen LogP contribution < -0.4 is 0 Å². The van der Waals surface area contributed by atoms with Crippen LogP contribution in [0.15, 0.2) is 79.4 Å². The molecule has 2 unspecified atom stereocenters. The Morgan fingerprint density at radius 2 is 1.11 bits per heavy atom. The van der Waals surface area contributed by atoms with Crippen LogP contribution >= 0.6 is 54.5 Å². The van der Waals surface area contributed by atoms with Gasteiger partial charge in [-0.15, -0.1) is 22.7 Å². The fourth-order valence-corrected chi connectivity index (χ4v) is 9.09. The van der Waals surface area contributed by atoms with Crippen LogP contribution in [0, 0.1) is 5.41 Å². The van der Waals surface area contributed by atoms with Gasteiger partial charge < -0.3 is 0 Å². The highest BCUT2D eigenvalue weighted by Crippen LogP contribution is 2.60. The SMILES string of the molecule is CC1=Cc2c(Br)cc(-c3cccs3)cc2C1C(C)(C)C1C(C)=Cc2c(Br)cc(-c3cccs3)cc21. The fraction of sp³-hybridized carbons (Fsp3) is 0.226. The summed E-state index contributed by atoms with van der Waals surface area (Å²) in [7, 11) is 0. The molecule has 2 aromatic heterocycles. The van der Waals surface area contributed by atoms with Crippen molar-refractivity contribution in [3.63, 3.8) is 0 Å². The molecule has 2 aromatic carbocycles. The van der Waals surface area contributed by atoms with Gasteiger partial charge in [0.15, 0.2) is 0 Å². The number of halogens is 2. The molecular formula is C31H26Br2S2. The molecule has 0 saturated heterocycles. The molecule has 0 aliphatic heterocycles. The van der Waals surface area contributed by atoms with Crippen molar-refractivity contribution in [1.29, 1.82) is 0 Å². The summed E-state index contributed by atoms with van der Waals surface area (Å²) in [5.41, 5.74) is 11.1. The number of allylic oxidation sites excluding steroid dienone is 2. The number of hydrogen-bond acceptors (Lipinski definition) is 2. The Labute approximate surface area is 232 Å². The zero-order valence-corrected chi connectivity index (χ0v) is 25.0. The van der Waals surface area contributed by atoms with Gasteiger partial charge in [-0.25, -0.2) is 0 Å². The first-order valence-electron chi connectivity index (χ1n) is 11.9. The zero-order chi connectivity index (χ0) is 24.5. The van der Waals surface area contributed by atoms with E-state index in [-0.39, 0.29) is 5.41 Å². The highest BCUT2D eigenvalue weighted by atomic mass is 79.9. The number of rotatable bonds is 4. The van der Waals surface area contributed by atoms with E-state index in [2.05, 4.69) is 131 Å². The van der Waals surface area contributed by atoms with E-state index in [9.17, 15) is 0 Å². The van der Waals surface area contributed by atoms with Crippen LogP contribution in [0.5, 0.6) is 0 Å². The fourth-order valence-electron chi connectivity index (χ4n) is 6.48. The third-order valence-corrected chi connectivity index (χ3v) is 10.8. The number of benzene rings is 2. The first kappa shape index (κ1) is 23.7. The molecule has 0 amide bonds. The first-order chi connectivity index (χ1) is 16.8. The average molecular weight is 622 g/mol. The maximum Gasteiger partial charge on any atom is 0.0343 e. The Kier molecular flexibility index (Phi) is 5.88. The molecule has 2 aliphatic carbocycles. The van der Waals surface area contributed by atoms with Gasteiger partial charge in [-0.2, -0.15) is 0 Å². The van der Waals surface area contributed by atoms with E-state index in [1.165, 1.54) is 63.2 Å². The number of hydrogen-bond donors (Lipinski definition) is 0. The lowest BCUT2D eigenvalue weighted by Gasteiger charge is -2.41. The van der Waals surface area contributed by atoms with Gasteiger partial charge in [0.25, 0.3) is 0 Å². The summed E-state index contributed by atoms with van der Waals surface area (Å²) in [5.74, 6) is 0.689. The number of fused-ring (bicyclic) bond motifs is 2. The molecule has 0 radical (unpaired) electrons. The summed E-state index contributed by atoms with van der Waals surface area (Å²) in [6.45, 7) is 9.57. The summed E-state index contributed by atoms with van der Waals surface area (Å²) >= 11 is 11.4. The molecule has 4 heteroatoms. The van der Waals surface area contributed by atoms with Crippen LogP contribution in [0.3, 0.4) is 0 Å². The Morgan fingerprint density at radius 1 is 0.686 bits per heavy atom. The minimum Gasteiger partial charge on any atom is -0.144 e. The topological polar surface area (TPSA) is 0 Å². The maximum atomic E-state index is 3.91. The molecule has 6 rings (SSSR count). The van der Waals surface area contributed by atoms with Crippen molar-refractivity contribution in [1.82, 2.24) is 0 Å². The van der Waals surface area contributed by atoms with E-state index in [0.29, 0.717) is 11.8 Å².